The van der Waals surface area contributed by atoms with Gasteiger partial charge in [-0.05, 0) is 70.6 Å². The van der Waals surface area contributed by atoms with Crippen LogP contribution in [0.4, 0.5) is 0 Å². The smallest absolute Gasteiger partial charge is 0.220 e. The summed E-state index contributed by atoms with van der Waals surface area (Å²) in [6, 6.07) is -0.823. The van der Waals surface area contributed by atoms with E-state index in [-0.39, 0.29) is 12.5 Å². The number of ether oxygens (including phenoxy) is 2. The Morgan fingerprint density at radius 3 is 1.17 bits per heavy atom. The maximum absolute atomic E-state index is 13.1. The molecule has 1 rings (SSSR count). The lowest BCUT2D eigenvalue weighted by Gasteiger charge is -2.40. The van der Waals surface area contributed by atoms with Crippen molar-refractivity contribution in [2.45, 2.75) is 371 Å². The Bertz CT molecular complexity index is 1520. The molecule has 0 saturated carbocycles. The molecule has 6 N–H and O–H groups in total. The van der Waals surface area contributed by atoms with Crippen molar-refractivity contribution in [2.75, 3.05) is 13.2 Å². The van der Waals surface area contributed by atoms with Gasteiger partial charge in [-0.1, -0.05) is 324 Å². The largest absolute Gasteiger partial charge is 0.394 e. The van der Waals surface area contributed by atoms with Crippen molar-refractivity contribution >= 4 is 5.91 Å². The third kappa shape index (κ3) is 49.8. The molecule has 7 atom stereocenters. The van der Waals surface area contributed by atoms with E-state index in [1.165, 1.54) is 244 Å². The van der Waals surface area contributed by atoms with Gasteiger partial charge in [-0.15, -0.1) is 0 Å². The molecule has 0 bridgehead atoms. The highest BCUT2D eigenvalue weighted by Crippen LogP contribution is 2.23. The Kier molecular flexibility index (Phi) is 58.4. The SMILES string of the molecule is CC/C=C\C/C=C\C/C=C\C/C=C\CCCCCCCCCCCCCCCCCCCCCCCCCCC(=O)NC(COC1OC(CO)C(O)C(O)C1O)C(O)/C=C/CC/C=C/CCCCCCCCCCCCCCCCCC. The van der Waals surface area contributed by atoms with Gasteiger partial charge in [0.05, 0.1) is 25.4 Å². The number of aliphatic hydroxyl groups excluding tert-OH is 5. The maximum Gasteiger partial charge on any atom is 0.220 e. The van der Waals surface area contributed by atoms with Gasteiger partial charge in [0.25, 0.3) is 0 Å². The molecule has 0 aromatic rings. The number of carbonyl (C=O) groups excluding carboxylic acids is 1. The summed E-state index contributed by atoms with van der Waals surface area (Å²) in [7, 11) is 0. The second-order valence-corrected chi connectivity index (χ2v) is 24.3. The van der Waals surface area contributed by atoms with E-state index in [0.717, 1.165) is 64.2 Å². The molecule has 1 heterocycles. The summed E-state index contributed by atoms with van der Waals surface area (Å²) in [4.78, 5) is 13.1. The molecule has 9 heteroatoms. The van der Waals surface area contributed by atoms with Crippen LogP contribution in [0.15, 0.2) is 72.9 Å². The number of amides is 1. The van der Waals surface area contributed by atoms with E-state index >= 15 is 0 Å². The molecule has 1 amide bonds. The highest BCUT2D eigenvalue weighted by atomic mass is 16.7. The van der Waals surface area contributed by atoms with Crippen LogP contribution in [0, 0.1) is 0 Å². The topological polar surface area (TPSA) is 149 Å². The van der Waals surface area contributed by atoms with E-state index in [1.54, 1.807) is 6.08 Å². The van der Waals surface area contributed by atoms with Crippen molar-refractivity contribution in [3.8, 4) is 0 Å². The number of carbonyl (C=O) groups is 1. The molecule has 0 spiro atoms. The number of allylic oxidation sites excluding steroid dienone is 11. The van der Waals surface area contributed by atoms with Crippen molar-refractivity contribution in [1.29, 1.82) is 0 Å². The minimum absolute atomic E-state index is 0.181. The fourth-order valence-corrected chi connectivity index (χ4v) is 11.1. The molecule has 0 aromatic carbocycles. The van der Waals surface area contributed by atoms with Gasteiger partial charge in [0.15, 0.2) is 6.29 Å². The number of nitrogens with one attached hydrogen (secondary N) is 1. The van der Waals surface area contributed by atoms with Crippen molar-refractivity contribution in [1.82, 2.24) is 5.32 Å². The predicted molar refractivity (Wildman–Crippen MR) is 350 cm³/mol. The van der Waals surface area contributed by atoms with Crippen molar-refractivity contribution in [2.24, 2.45) is 0 Å². The summed E-state index contributed by atoms with van der Waals surface area (Å²) < 4.78 is 11.3. The monoisotopic (exact) mass is 1150 g/mol. The fourth-order valence-electron chi connectivity index (χ4n) is 11.1. The van der Waals surface area contributed by atoms with Crippen LogP contribution in [0.1, 0.15) is 328 Å². The third-order valence-electron chi connectivity index (χ3n) is 16.5. The maximum atomic E-state index is 13.1. The molecule has 0 radical (unpaired) electrons. The molecule has 82 heavy (non-hydrogen) atoms. The van der Waals surface area contributed by atoms with Crippen LogP contribution in [-0.2, 0) is 14.3 Å². The molecule has 1 fully saturated rings. The minimum Gasteiger partial charge on any atom is -0.394 e. The molecular weight excluding hydrogens is 1020 g/mol. The van der Waals surface area contributed by atoms with Gasteiger partial charge in [0.1, 0.15) is 24.4 Å². The minimum atomic E-state index is -1.57. The lowest BCUT2D eigenvalue weighted by Crippen LogP contribution is -2.60. The van der Waals surface area contributed by atoms with Crippen molar-refractivity contribution in [3.63, 3.8) is 0 Å². The van der Waals surface area contributed by atoms with Crippen LogP contribution in [-0.4, -0.2) is 87.5 Å². The number of rotatable bonds is 61. The highest BCUT2D eigenvalue weighted by Gasteiger charge is 2.44. The first kappa shape index (κ1) is 77.6. The van der Waals surface area contributed by atoms with Crippen LogP contribution < -0.4 is 5.32 Å². The summed E-state index contributed by atoms with van der Waals surface area (Å²) in [5, 5.41) is 54.7. The molecule has 1 aliphatic heterocycles. The third-order valence-corrected chi connectivity index (χ3v) is 16.5. The average Bonchev–Trinajstić information content (AvgIpc) is 3.59. The second kappa shape index (κ2) is 61.7. The molecular formula is C73H133NO8. The van der Waals surface area contributed by atoms with E-state index in [1.807, 2.05) is 6.08 Å². The van der Waals surface area contributed by atoms with Crippen molar-refractivity contribution in [3.05, 3.63) is 72.9 Å². The number of hydrogen-bond donors (Lipinski definition) is 6. The van der Waals surface area contributed by atoms with Gasteiger partial charge in [-0.25, -0.2) is 0 Å². The van der Waals surface area contributed by atoms with Gasteiger partial charge < -0.3 is 40.3 Å². The first-order chi connectivity index (χ1) is 40.3. The zero-order valence-electron chi connectivity index (χ0n) is 53.5. The van der Waals surface area contributed by atoms with Crippen LogP contribution >= 0.6 is 0 Å². The quantitative estimate of drug-likeness (QED) is 0.0261. The van der Waals surface area contributed by atoms with E-state index in [0.29, 0.717) is 6.42 Å². The Labute approximate surface area is 506 Å². The first-order valence-corrected chi connectivity index (χ1v) is 35.2. The molecule has 478 valence electrons. The predicted octanol–water partition coefficient (Wildman–Crippen LogP) is 19.1. The number of unbranched alkanes of at least 4 members (excludes halogenated alkanes) is 41. The molecule has 0 aliphatic carbocycles. The summed E-state index contributed by atoms with van der Waals surface area (Å²) in [6.45, 7) is 3.69. The van der Waals surface area contributed by atoms with Gasteiger partial charge in [-0.2, -0.15) is 0 Å². The van der Waals surface area contributed by atoms with Crippen LogP contribution in [0.5, 0.6) is 0 Å². The fraction of sp³-hybridized carbons (Fsp3) is 0.822. The van der Waals surface area contributed by atoms with E-state index in [9.17, 15) is 30.3 Å². The first-order valence-electron chi connectivity index (χ1n) is 35.2. The summed E-state index contributed by atoms with van der Waals surface area (Å²) in [5.74, 6) is -0.181. The molecule has 7 unspecified atom stereocenters. The lowest BCUT2D eigenvalue weighted by molar-refractivity contribution is -0.302. The standard InChI is InChI=1S/C73H133NO8/c1-3-5-7-9-11-13-15-17-19-21-23-25-27-28-29-30-31-32-33-34-35-36-37-38-39-40-41-43-45-47-49-51-53-55-57-59-61-63-69(77)74-66(65-81-73-72(80)71(79)70(78)68(64-75)82-73)67(76)62-60-58-56-54-52-50-48-46-44-42-26-24-22-20-18-16-14-12-10-8-6-4-2/h5,7,11,13,17,19,23,25,52,54,60,62,66-68,70-73,75-76,78-80H,3-4,6,8-10,12,14-16,18,20-22,24,26-51,53,55-59,61,63-65H2,1-2H3,(H,74,77)/b7-5-,13-11-,19-17-,25-23-,54-52+,62-60+. The Balaban J connectivity index is 2.10. The molecule has 1 saturated heterocycles. The second-order valence-electron chi connectivity index (χ2n) is 24.3. The van der Waals surface area contributed by atoms with Crippen LogP contribution in [0.2, 0.25) is 0 Å². The van der Waals surface area contributed by atoms with Gasteiger partial charge in [0.2, 0.25) is 5.91 Å². The van der Waals surface area contributed by atoms with Gasteiger partial charge in [0, 0.05) is 6.42 Å². The van der Waals surface area contributed by atoms with Gasteiger partial charge >= 0.3 is 0 Å². The van der Waals surface area contributed by atoms with Crippen LogP contribution in [0.25, 0.3) is 0 Å². The van der Waals surface area contributed by atoms with Crippen molar-refractivity contribution < 1.29 is 39.8 Å². The zero-order valence-corrected chi connectivity index (χ0v) is 53.5. The Morgan fingerprint density at radius 1 is 0.427 bits per heavy atom. The van der Waals surface area contributed by atoms with E-state index in [4.69, 9.17) is 9.47 Å². The molecule has 0 aromatic heterocycles. The van der Waals surface area contributed by atoms with Gasteiger partial charge in [-0.3, -0.25) is 4.79 Å². The Morgan fingerprint density at radius 2 is 0.768 bits per heavy atom. The normalized spacial score (nSPS) is 18.7. The Hall–Kier alpha value is -2.37. The van der Waals surface area contributed by atoms with E-state index in [2.05, 4.69) is 79.9 Å². The van der Waals surface area contributed by atoms with Crippen LogP contribution in [0.3, 0.4) is 0 Å². The summed E-state index contributed by atoms with van der Waals surface area (Å²) in [5.41, 5.74) is 0. The lowest BCUT2D eigenvalue weighted by atomic mass is 9.99. The molecule has 1 aliphatic rings. The average molecular weight is 1150 g/mol. The zero-order chi connectivity index (χ0) is 59.3. The molecule has 9 nitrogen and oxygen atoms in total. The highest BCUT2D eigenvalue weighted by molar-refractivity contribution is 5.76. The summed E-state index contributed by atoms with van der Waals surface area (Å²) in [6.07, 6.45) is 80.2. The summed E-state index contributed by atoms with van der Waals surface area (Å²) >= 11 is 0. The van der Waals surface area contributed by atoms with E-state index < -0.39 is 49.5 Å². The number of aliphatic hydroxyl groups is 5. The number of hydrogen-bond acceptors (Lipinski definition) is 8.